The largest absolute Gasteiger partial charge is 0.282 e. The number of amides is 4. The van der Waals surface area contributed by atoms with Gasteiger partial charge in [-0.25, -0.2) is 9.97 Å². The number of rotatable bonds is 7. The van der Waals surface area contributed by atoms with Crippen molar-refractivity contribution in [1.29, 1.82) is 0 Å². The number of nitrogens with zero attached hydrogens (tertiary/aromatic N) is 9. The number of fused-ring (bicyclic) bond motifs is 2. The van der Waals surface area contributed by atoms with Crippen LogP contribution in [0.1, 0.15) is 123 Å². The zero-order valence-corrected chi connectivity index (χ0v) is 28.9. The number of aromatic nitrogens is 8. The smallest absolute Gasteiger partial charge is 0.232 e. The molecule has 1 N–H and O–H groups in total. The molecule has 4 aromatic rings. The Morgan fingerprint density at radius 1 is 0.766 bits per heavy atom. The lowest BCUT2D eigenvalue weighted by Gasteiger charge is -2.19. The first-order valence-electron chi connectivity index (χ1n) is 16.3. The van der Waals surface area contributed by atoms with Gasteiger partial charge in [0.05, 0.1) is 11.4 Å². The van der Waals surface area contributed by atoms with Crippen molar-refractivity contribution >= 4 is 41.0 Å². The monoisotopic (exact) mass is 644 g/mol. The summed E-state index contributed by atoms with van der Waals surface area (Å²) in [5.41, 5.74) is 3.07. The van der Waals surface area contributed by atoms with E-state index in [-0.39, 0.29) is 84.1 Å². The average Bonchev–Trinajstić information content (AvgIpc) is 3.78. The molecule has 14 heteroatoms. The molecule has 2 fully saturated rings. The highest BCUT2D eigenvalue weighted by Gasteiger charge is 2.38. The molecule has 0 radical (unpaired) electrons. The highest BCUT2D eigenvalue weighted by atomic mass is 16.2. The number of nitrogens with one attached hydrogen (secondary N) is 1. The minimum Gasteiger partial charge on any atom is -0.282 e. The summed E-state index contributed by atoms with van der Waals surface area (Å²) in [6, 6.07) is 0. The number of imide groups is 2. The van der Waals surface area contributed by atoms with E-state index in [1.807, 2.05) is 19.9 Å². The first kappa shape index (κ1) is 32.5. The maximum atomic E-state index is 12.6. The van der Waals surface area contributed by atoms with Crippen LogP contribution in [-0.4, -0.2) is 86.1 Å². The maximum Gasteiger partial charge on any atom is 0.232 e. The lowest BCUT2D eigenvalue weighted by atomic mass is 9.88. The second-order valence-electron chi connectivity index (χ2n) is 15.5. The van der Waals surface area contributed by atoms with Gasteiger partial charge in [-0.05, 0) is 6.08 Å². The second kappa shape index (κ2) is 11.1. The number of hydrogen-bond acceptors (Lipinski definition) is 9. The van der Waals surface area contributed by atoms with Gasteiger partial charge >= 0.3 is 0 Å². The fraction of sp³-hybridized carbons (Fsp3) is 0.606. The van der Waals surface area contributed by atoms with Crippen molar-refractivity contribution in [2.75, 3.05) is 13.1 Å². The van der Waals surface area contributed by atoms with E-state index in [1.54, 1.807) is 18.5 Å². The zero-order valence-electron chi connectivity index (χ0n) is 28.9. The van der Waals surface area contributed by atoms with Crippen LogP contribution in [0.2, 0.25) is 0 Å². The molecule has 6 heterocycles. The Morgan fingerprint density at radius 3 is 1.74 bits per heavy atom. The minimum atomic E-state index is -0.349. The molecule has 2 aliphatic rings. The van der Waals surface area contributed by atoms with Crippen LogP contribution in [0.15, 0.2) is 0 Å². The number of hydrogen-bond donors (Lipinski definition) is 1. The molecular formula is C33H44N10O4. The van der Waals surface area contributed by atoms with Gasteiger partial charge in [-0.3, -0.25) is 34.1 Å². The molecule has 14 nitrogen and oxygen atoms in total. The van der Waals surface area contributed by atoms with Gasteiger partial charge in [0.15, 0.2) is 22.9 Å². The Labute approximate surface area is 272 Å². The van der Waals surface area contributed by atoms with Crippen LogP contribution in [-0.2, 0) is 30.0 Å². The summed E-state index contributed by atoms with van der Waals surface area (Å²) in [6.45, 7) is 20.3. The van der Waals surface area contributed by atoms with E-state index in [9.17, 15) is 19.2 Å². The van der Waals surface area contributed by atoms with Gasteiger partial charge in [-0.2, -0.15) is 9.73 Å². The maximum absolute atomic E-state index is 12.6. The summed E-state index contributed by atoms with van der Waals surface area (Å²) in [4.78, 5) is 62.5. The van der Waals surface area contributed by atoms with Crippen LogP contribution in [0.3, 0.4) is 0 Å². The van der Waals surface area contributed by atoms with E-state index >= 15 is 0 Å². The molecule has 47 heavy (non-hydrogen) atoms. The second-order valence-corrected chi connectivity index (χ2v) is 15.5. The van der Waals surface area contributed by atoms with Crippen molar-refractivity contribution in [1.82, 2.24) is 49.4 Å². The Bertz CT molecular complexity index is 1990. The number of aromatic amines is 1. The Kier molecular flexibility index (Phi) is 7.63. The number of likely N-dealkylation sites (tertiary alicyclic amines) is 2. The average molecular weight is 645 g/mol. The summed E-state index contributed by atoms with van der Waals surface area (Å²) >= 11 is 0. The predicted molar refractivity (Wildman–Crippen MR) is 172 cm³/mol. The first-order valence-corrected chi connectivity index (χ1v) is 16.3. The molecule has 0 aliphatic carbocycles. The lowest BCUT2D eigenvalue weighted by molar-refractivity contribution is -0.141. The van der Waals surface area contributed by atoms with E-state index in [0.717, 1.165) is 22.2 Å². The van der Waals surface area contributed by atoms with E-state index in [0.29, 0.717) is 22.9 Å². The highest BCUT2D eigenvalue weighted by Crippen LogP contribution is 2.30. The predicted octanol–water partition coefficient (Wildman–Crippen LogP) is 2.63. The third-order valence-electron chi connectivity index (χ3n) is 9.13. The molecule has 250 valence electrons. The van der Waals surface area contributed by atoms with Crippen molar-refractivity contribution < 1.29 is 19.2 Å². The van der Waals surface area contributed by atoms with Crippen molar-refractivity contribution in [2.24, 2.45) is 11.8 Å². The quantitative estimate of drug-likeness (QED) is 0.298. The minimum absolute atomic E-state index is 0.159. The van der Waals surface area contributed by atoms with E-state index in [2.05, 4.69) is 46.6 Å². The standard InChI is InChI=1S/C33H44N10O4/c1-16-11-22(44)40(30(16)46)14-18(3)26-34-28-20(24(32(5,6)7)36-42(28)38-26)13-21-25(33(8,9)10)37-43-29(21)35-27(39-43)19(4)15-41-23(45)12-17(2)31(41)47/h13,16-19,36H,11-12,14-15H2,1-10H3. The van der Waals surface area contributed by atoms with Gasteiger partial charge in [0.25, 0.3) is 0 Å². The van der Waals surface area contributed by atoms with Gasteiger partial charge in [-0.15, -0.1) is 14.8 Å². The molecule has 0 bridgehead atoms. The van der Waals surface area contributed by atoms with Crippen LogP contribution >= 0.6 is 0 Å². The number of carbonyl (C=O) groups is 4. The third-order valence-corrected chi connectivity index (χ3v) is 9.13. The fourth-order valence-electron chi connectivity index (χ4n) is 6.42. The van der Waals surface area contributed by atoms with Gasteiger partial charge < -0.3 is 0 Å². The molecule has 0 aromatic carbocycles. The SMILES string of the molecule is CC1CC(=O)N(CC(C)c2nc3c(=Cc4c(C(C)(C)C)[nH]n5nc(C(C)CN6C(=O)CC(C)C6=O)nc45)c(C(C)(C)C)nn3n2)C1=O. The Morgan fingerprint density at radius 2 is 1.28 bits per heavy atom. The van der Waals surface area contributed by atoms with Gasteiger partial charge in [0.2, 0.25) is 23.6 Å². The summed E-state index contributed by atoms with van der Waals surface area (Å²) < 4.78 is 3.19. The van der Waals surface area contributed by atoms with Crippen molar-refractivity contribution in [3.8, 4) is 0 Å². The topological polar surface area (TPSA) is 164 Å². The first-order chi connectivity index (χ1) is 21.8. The third kappa shape index (κ3) is 5.61. The van der Waals surface area contributed by atoms with Crippen LogP contribution < -0.4 is 5.22 Å². The Hall–Kier alpha value is -4.49. The number of H-pyrrole nitrogens is 1. The van der Waals surface area contributed by atoms with Crippen LogP contribution in [0.25, 0.3) is 17.4 Å². The molecule has 6 rings (SSSR count). The highest BCUT2D eigenvalue weighted by molar-refractivity contribution is 6.04. The van der Waals surface area contributed by atoms with E-state index in [4.69, 9.17) is 25.3 Å². The normalized spacial score (nSPS) is 21.4. The van der Waals surface area contributed by atoms with E-state index in [1.165, 1.54) is 14.4 Å². The van der Waals surface area contributed by atoms with Crippen LogP contribution in [0.4, 0.5) is 0 Å². The van der Waals surface area contributed by atoms with Gasteiger partial charge in [-0.1, -0.05) is 69.2 Å². The molecular weight excluding hydrogens is 600 g/mol. The van der Waals surface area contributed by atoms with Crippen LogP contribution in [0, 0.1) is 11.8 Å². The number of carbonyl (C=O) groups excluding carboxylic acids is 4. The molecule has 0 saturated carbocycles. The van der Waals surface area contributed by atoms with Gasteiger partial charge in [0, 0.05) is 71.2 Å². The van der Waals surface area contributed by atoms with Crippen LogP contribution in [0.5, 0.6) is 0 Å². The molecule has 2 saturated heterocycles. The van der Waals surface area contributed by atoms with Gasteiger partial charge in [0.1, 0.15) is 0 Å². The molecule has 4 amide bonds. The summed E-state index contributed by atoms with van der Waals surface area (Å²) in [6.07, 6.45) is 2.49. The van der Waals surface area contributed by atoms with Crippen molar-refractivity contribution in [3.05, 3.63) is 33.8 Å². The molecule has 4 unspecified atom stereocenters. The summed E-state index contributed by atoms with van der Waals surface area (Å²) in [5, 5.41) is 18.5. The summed E-state index contributed by atoms with van der Waals surface area (Å²) in [5.74, 6) is -0.826. The van der Waals surface area contributed by atoms with Crippen molar-refractivity contribution in [2.45, 2.75) is 105 Å². The molecule has 2 aliphatic heterocycles. The summed E-state index contributed by atoms with van der Waals surface area (Å²) in [7, 11) is 0. The molecule has 4 aromatic heterocycles. The lowest BCUT2D eigenvalue weighted by Crippen LogP contribution is -2.34. The molecule has 0 spiro atoms. The Balaban J connectivity index is 1.44. The van der Waals surface area contributed by atoms with E-state index < -0.39 is 0 Å². The van der Waals surface area contributed by atoms with Crippen molar-refractivity contribution in [3.63, 3.8) is 0 Å². The molecule has 4 atom stereocenters. The fourth-order valence-corrected chi connectivity index (χ4v) is 6.42. The zero-order chi connectivity index (χ0) is 34.3.